The minimum atomic E-state index is 0.0989. The van der Waals surface area contributed by atoms with Crippen LogP contribution in [-0.4, -0.2) is 5.11 Å². The van der Waals surface area contributed by atoms with Crippen molar-refractivity contribution < 1.29 is 10.4 Å². The SMILES string of the molecule is [CH2-][NH2+]c1cccc(CO)c1. The molecule has 0 spiro atoms. The predicted octanol–water partition coefficient (Wildman–Crippen LogP) is 0.165. The lowest BCUT2D eigenvalue weighted by atomic mass is 10.2. The van der Waals surface area contributed by atoms with Crippen LogP contribution in [0.3, 0.4) is 0 Å². The molecule has 0 aromatic heterocycles. The summed E-state index contributed by atoms with van der Waals surface area (Å²) < 4.78 is 0. The van der Waals surface area contributed by atoms with Gasteiger partial charge in [0, 0.05) is 6.07 Å². The van der Waals surface area contributed by atoms with Crippen LogP contribution in [0.1, 0.15) is 5.56 Å². The van der Waals surface area contributed by atoms with Gasteiger partial charge >= 0.3 is 0 Å². The molecule has 2 nitrogen and oxygen atoms in total. The van der Waals surface area contributed by atoms with Crippen LogP contribution in [0.2, 0.25) is 0 Å². The second-order valence-corrected chi connectivity index (χ2v) is 2.11. The van der Waals surface area contributed by atoms with Gasteiger partial charge in [-0.05, 0) is 11.6 Å². The van der Waals surface area contributed by atoms with Crippen LogP contribution in [0.5, 0.6) is 0 Å². The summed E-state index contributed by atoms with van der Waals surface area (Å²) in [6.07, 6.45) is 0. The quantitative estimate of drug-likeness (QED) is 0.442. The second-order valence-electron chi connectivity index (χ2n) is 2.11. The average molecular weight is 137 g/mol. The van der Waals surface area contributed by atoms with Gasteiger partial charge in [0.15, 0.2) is 0 Å². The summed E-state index contributed by atoms with van der Waals surface area (Å²) in [6.45, 7) is 0.0989. The minimum Gasteiger partial charge on any atom is -0.446 e. The van der Waals surface area contributed by atoms with Crippen molar-refractivity contribution in [3.63, 3.8) is 0 Å². The lowest BCUT2D eigenvalue weighted by Crippen LogP contribution is -2.69. The first-order valence-corrected chi connectivity index (χ1v) is 3.19. The van der Waals surface area contributed by atoms with Gasteiger partial charge in [-0.25, -0.2) is 0 Å². The number of quaternary nitrogens is 1. The molecule has 0 aliphatic heterocycles. The van der Waals surface area contributed by atoms with Crippen LogP contribution in [0.4, 0.5) is 5.69 Å². The summed E-state index contributed by atoms with van der Waals surface area (Å²) in [7, 11) is 3.62. The maximum absolute atomic E-state index is 8.72. The lowest BCUT2D eigenvalue weighted by Gasteiger charge is -1.99. The van der Waals surface area contributed by atoms with Crippen molar-refractivity contribution in [2.24, 2.45) is 0 Å². The van der Waals surface area contributed by atoms with Gasteiger partial charge in [-0.2, -0.15) is 0 Å². The number of hydrogen-bond donors (Lipinski definition) is 2. The molecule has 1 aromatic rings. The van der Waals surface area contributed by atoms with Crippen molar-refractivity contribution >= 4 is 5.69 Å². The van der Waals surface area contributed by atoms with Crippen molar-refractivity contribution in [2.45, 2.75) is 6.61 Å². The van der Waals surface area contributed by atoms with Crippen LogP contribution in [0, 0.1) is 7.05 Å². The first-order valence-electron chi connectivity index (χ1n) is 3.19. The molecular formula is C8H11NO. The summed E-state index contributed by atoms with van der Waals surface area (Å²) in [5.41, 5.74) is 1.98. The zero-order valence-corrected chi connectivity index (χ0v) is 5.75. The standard InChI is InChI=1S/C8H11NO/c1-9-8-4-2-3-7(5-8)6-10/h2-5,10H,1,6,9H2. The highest BCUT2D eigenvalue weighted by molar-refractivity contribution is 5.32. The Morgan fingerprint density at radius 1 is 1.50 bits per heavy atom. The van der Waals surface area contributed by atoms with E-state index < -0.39 is 0 Å². The van der Waals surface area contributed by atoms with Gasteiger partial charge in [0.1, 0.15) is 5.69 Å². The zero-order chi connectivity index (χ0) is 7.40. The van der Waals surface area contributed by atoms with E-state index in [4.69, 9.17) is 5.11 Å². The smallest absolute Gasteiger partial charge is 0.103 e. The molecule has 0 amide bonds. The van der Waals surface area contributed by atoms with Crippen molar-refractivity contribution in [1.82, 2.24) is 0 Å². The average Bonchev–Trinajstić information content (AvgIpc) is 2.05. The molecule has 0 saturated carbocycles. The van der Waals surface area contributed by atoms with Crippen molar-refractivity contribution in [2.75, 3.05) is 0 Å². The number of rotatable bonds is 2. The van der Waals surface area contributed by atoms with Crippen LogP contribution >= 0.6 is 0 Å². The Morgan fingerprint density at radius 3 is 2.90 bits per heavy atom. The monoisotopic (exact) mass is 137 g/mol. The fourth-order valence-corrected chi connectivity index (χ4v) is 0.818. The second kappa shape index (κ2) is 3.34. The number of aliphatic hydroxyl groups excluding tert-OH is 1. The van der Waals surface area contributed by atoms with Crippen LogP contribution < -0.4 is 5.32 Å². The molecule has 1 rings (SSSR count). The van der Waals surface area contributed by atoms with E-state index >= 15 is 0 Å². The Bertz CT molecular complexity index is 191. The van der Waals surface area contributed by atoms with E-state index in [-0.39, 0.29) is 6.61 Å². The maximum atomic E-state index is 8.72. The molecule has 54 valence electrons. The van der Waals surface area contributed by atoms with E-state index in [1.807, 2.05) is 24.3 Å². The molecule has 0 atom stereocenters. The third-order valence-electron chi connectivity index (χ3n) is 1.37. The number of benzene rings is 1. The Morgan fingerprint density at radius 2 is 2.30 bits per heavy atom. The zero-order valence-electron chi connectivity index (χ0n) is 5.75. The van der Waals surface area contributed by atoms with E-state index in [0.717, 1.165) is 11.3 Å². The van der Waals surface area contributed by atoms with Gasteiger partial charge < -0.3 is 10.4 Å². The Kier molecular flexibility index (Phi) is 2.42. The molecular weight excluding hydrogens is 126 g/mol. The normalized spacial score (nSPS) is 9.80. The van der Waals surface area contributed by atoms with Gasteiger partial charge in [0.25, 0.3) is 0 Å². The maximum Gasteiger partial charge on any atom is 0.103 e. The summed E-state index contributed by atoms with van der Waals surface area (Å²) in [5.74, 6) is 0. The summed E-state index contributed by atoms with van der Waals surface area (Å²) >= 11 is 0. The van der Waals surface area contributed by atoms with E-state index in [1.165, 1.54) is 0 Å². The Labute approximate surface area is 60.5 Å². The predicted molar refractivity (Wildman–Crippen MR) is 39.3 cm³/mol. The third kappa shape index (κ3) is 1.56. The molecule has 0 saturated heterocycles. The summed E-state index contributed by atoms with van der Waals surface area (Å²) in [6, 6.07) is 7.65. The van der Waals surface area contributed by atoms with E-state index in [1.54, 1.807) is 5.32 Å². The van der Waals surface area contributed by atoms with Gasteiger partial charge in [-0.3, -0.25) is 0 Å². The summed E-state index contributed by atoms with van der Waals surface area (Å²) in [5, 5.41) is 10.5. The summed E-state index contributed by atoms with van der Waals surface area (Å²) in [4.78, 5) is 0. The molecule has 0 unspecified atom stereocenters. The molecule has 3 N–H and O–H groups in total. The highest BCUT2D eigenvalue weighted by Gasteiger charge is 1.91. The Hall–Kier alpha value is -0.860. The van der Waals surface area contributed by atoms with Crippen molar-refractivity contribution in [3.05, 3.63) is 36.9 Å². The highest BCUT2D eigenvalue weighted by atomic mass is 16.3. The number of hydrogen-bond acceptors (Lipinski definition) is 1. The van der Waals surface area contributed by atoms with Gasteiger partial charge in [0.05, 0.1) is 6.61 Å². The molecule has 0 heterocycles. The third-order valence-corrected chi connectivity index (χ3v) is 1.37. The number of nitrogens with two attached hydrogens (primary N) is 1. The van der Waals surface area contributed by atoms with Gasteiger partial charge in [0.2, 0.25) is 0 Å². The van der Waals surface area contributed by atoms with E-state index in [9.17, 15) is 0 Å². The fourth-order valence-electron chi connectivity index (χ4n) is 0.818. The van der Waals surface area contributed by atoms with Crippen molar-refractivity contribution in [1.29, 1.82) is 0 Å². The number of aliphatic hydroxyl groups is 1. The van der Waals surface area contributed by atoms with Gasteiger partial charge in [-0.1, -0.05) is 12.1 Å². The molecule has 0 aliphatic rings. The molecule has 1 aromatic carbocycles. The molecule has 0 aliphatic carbocycles. The topological polar surface area (TPSA) is 36.8 Å². The largest absolute Gasteiger partial charge is 0.446 e. The lowest BCUT2D eigenvalue weighted by molar-refractivity contribution is -0.504. The molecule has 10 heavy (non-hydrogen) atoms. The molecule has 0 bridgehead atoms. The molecule has 0 radical (unpaired) electrons. The van der Waals surface area contributed by atoms with Gasteiger partial charge in [-0.15, -0.1) is 7.05 Å². The minimum absolute atomic E-state index is 0.0989. The highest BCUT2D eigenvalue weighted by Crippen LogP contribution is 2.04. The molecule has 2 heteroatoms. The van der Waals surface area contributed by atoms with Crippen LogP contribution in [-0.2, 0) is 6.61 Å². The van der Waals surface area contributed by atoms with E-state index in [2.05, 4.69) is 7.05 Å². The van der Waals surface area contributed by atoms with E-state index in [0.29, 0.717) is 0 Å². The van der Waals surface area contributed by atoms with Crippen LogP contribution in [0.25, 0.3) is 0 Å². The first-order chi connectivity index (χ1) is 4.86. The fraction of sp³-hybridized carbons (Fsp3) is 0.125. The van der Waals surface area contributed by atoms with Crippen LogP contribution in [0.15, 0.2) is 24.3 Å². The Balaban J connectivity index is 2.87. The van der Waals surface area contributed by atoms with Crippen molar-refractivity contribution in [3.8, 4) is 0 Å². The molecule has 0 fully saturated rings. The first kappa shape index (κ1) is 7.25.